The predicted octanol–water partition coefficient (Wildman–Crippen LogP) is 3.60. The first-order chi connectivity index (χ1) is 5.27. The molecule has 2 rings (SSSR count). The molecule has 1 nitrogen and oxygen atoms in total. The third kappa shape index (κ3) is 1.22. The Morgan fingerprint density at radius 3 is 2.73 bits per heavy atom. The second kappa shape index (κ2) is 2.63. The Labute approximate surface area is 77.6 Å². The van der Waals surface area contributed by atoms with Gasteiger partial charge in [-0.05, 0) is 12.1 Å². The number of thiazole rings is 1. The molecule has 0 aliphatic heterocycles. The van der Waals surface area contributed by atoms with Crippen LogP contribution in [-0.4, -0.2) is 4.98 Å². The SMILES string of the molecule is Clc1cc2ncsc2cc1Cl. The molecule has 1 aromatic carbocycles. The third-order valence-corrected chi connectivity index (χ3v) is 2.89. The van der Waals surface area contributed by atoms with Crippen LogP contribution in [0.5, 0.6) is 0 Å². The highest BCUT2D eigenvalue weighted by Gasteiger charge is 2.01. The minimum Gasteiger partial charge on any atom is -0.245 e. The monoisotopic (exact) mass is 203 g/mol. The van der Waals surface area contributed by atoms with Gasteiger partial charge in [0.1, 0.15) is 0 Å². The van der Waals surface area contributed by atoms with Gasteiger partial charge in [0.25, 0.3) is 0 Å². The lowest BCUT2D eigenvalue weighted by molar-refractivity contribution is 1.50. The van der Waals surface area contributed by atoms with E-state index in [0.29, 0.717) is 10.0 Å². The Balaban J connectivity index is 2.86. The van der Waals surface area contributed by atoms with Crippen LogP contribution in [0.25, 0.3) is 10.2 Å². The Bertz CT molecular complexity index is 360. The lowest BCUT2D eigenvalue weighted by atomic mass is 10.3. The zero-order valence-corrected chi connectivity index (χ0v) is 7.67. The molecule has 0 radical (unpaired) electrons. The summed E-state index contributed by atoms with van der Waals surface area (Å²) < 4.78 is 1.07. The van der Waals surface area contributed by atoms with Gasteiger partial charge in [-0.2, -0.15) is 0 Å². The summed E-state index contributed by atoms with van der Waals surface area (Å²) in [7, 11) is 0. The van der Waals surface area contributed by atoms with Gasteiger partial charge in [-0.25, -0.2) is 4.98 Å². The highest BCUT2D eigenvalue weighted by atomic mass is 35.5. The van der Waals surface area contributed by atoms with Crippen molar-refractivity contribution in [2.24, 2.45) is 0 Å². The number of fused-ring (bicyclic) bond motifs is 1. The molecule has 0 aliphatic carbocycles. The number of aromatic nitrogens is 1. The van der Waals surface area contributed by atoms with Crippen LogP contribution in [0.2, 0.25) is 10.0 Å². The highest BCUT2D eigenvalue weighted by Crippen LogP contribution is 2.28. The molecule has 0 saturated carbocycles. The second-order valence-corrected chi connectivity index (χ2v) is 3.79. The largest absolute Gasteiger partial charge is 0.245 e. The van der Waals surface area contributed by atoms with Crippen LogP contribution in [0.3, 0.4) is 0 Å². The van der Waals surface area contributed by atoms with Crippen molar-refractivity contribution < 1.29 is 0 Å². The highest BCUT2D eigenvalue weighted by molar-refractivity contribution is 7.16. The topological polar surface area (TPSA) is 12.9 Å². The summed E-state index contributed by atoms with van der Waals surface area (Å²) in [6.45, 7) is 0. The third-order valence-electron chi connectivity index (χ3n) is 1.37. The van der Waals surface area contributed by atoms with Gasteiger partial charge in [0.05, 0.1) is 25.8 Å². The van der Waals surface area contributed by atoms with Gasteiger partial charge in [0.2, 0.25) is 0 Å². The quantitative estimate of drug-likeness (QED) is 0.638. The lowest BCUT2D eigenvalue weighted by Crippen LogP contribution is -1.69. The van der Waals surface area contributed by atoms with E-state index >= 15 is 0 Å². The van der Waals surface area contributed by atoms with Gasteiger partial charge in [-0.1, -0.05) is 23.2 Å². The van der Waals surface area contributed by atoms with Crippen LogP contribution >= 0.6 is 34.5 Å². The fourth-order valence-electron chi connectivity index (χ4n) is 0.853. The molecule has 0 unspecified atom stereocenters. The molecule has 11 heavy (non-hydrogen) atoms. The number of benzene rings is 1. The molecule has 1 heterocycles. The molecule has 4 heteroatoms. The van der Waals surface area contributed by atoms with Crippen molar-refractivity contribution in [3.8, 4) is 0 Å². The van der Waals surface area contributed by atoms with E-state index in [1.54, 1.807) is 22.9 Å². The Kier molecular flexibility index (Phi) is 1.75. The van der Waals surface area contributed by atoms with Crippen molar-refractivity contribution in [2.45, 2.75) is 0 Å². The second-order valence-electron chi connectivity index (χ2n) is 2.09. The molecule has 0 spiro atoms. The van der Waals surface area contributed by atoms with Crippen LogP contribution in [0.4, 0.5) is 0 Å². The molecule has 0 N–H and O–H groups in total. The summed E-state index contributed by atoms with van der Waals surface area (Å²) in [5, 5.41) is 1.15. The van der Waals surface area contributed by atoms with Gasteiger partial charge >= 0.3 is 0 Å². The van der Waals surface area contributed by atoms with E-state index in [2.05, 4.69) is 4.98 Å². The van der Waals surface area contributed by atoms with Gasteiger partial charge < -0.3 is 0 Å². The molecule has 0 fully saturated rings. The van der Waals surface area contributed by atoms with Gasteiger partial charge in [-0.15, -0.1) is 11.3 Å². The van der Waals surface area contributed by atoms with Crippen molar-refractivity contribution in [1.29, 1.82) is 0 Å². The summed E-state index contributed by atoms with van der Waals surface area (Å²) >= 11 is 13.1. The molecule has 0 saturated heterocycles. The van der Waals surface area contributed by atoms with E-state index in [1.807, 2.05) is 6.07 Å². The Hall–Kier alpha value is -0.310. The molecule has 2 aromatic rings. The lowest BCUT2D eigenvalue weighted by Gasteiger charge is -1.92. The molecule has 0 amide bonds. The molecule has 0 bridgehead atoms. The number of halogens is 2. The van der Waals surface area contributed by atoms with Crippen molar-refractivity contribution >= 4 is 44.8 Å². The molecule has 56 valence electrons. The van der Waals surface area contributed by atoms with Crippen molar-refractivity contribution in [3.05, 3.63) is 27.7 Å². The Morgan fingerprint density at radius 2 is 1.91 bits per heavy atom. The van der Waals surface area contributed by atoms with Crippen molar-refractivity contribution in [3.63, 3.8) is 0 Å². The number of rotatable bonds is 0. The average molecular weight is 204 g/mol. The standard InChI is InChI=1S/C7H3Cl2NS/c8-4-1-6-7(2-5(4)9)11-3-10-6/h1-3H. The van der Waals surface area contributed by atoms with E-state index in [9.17, 15) is 0 Å². The first-order valence-corrected chi connectivity index (χ1v) is 4.59. The normalized spacial score (nSPS) is 10.7. The van der Waals surface area contributed by atoms with E-state index < -0.39 is 0 Å². The van der Waals surface area contributed by atoms with E-state index in [-0.39, 0.29) is 0 Å². The Morgan fingerprint density at radius 1 is 1.18 bits per heavy atom. The summed E-state index contributed by atoms with van der Waals surface area (Å²) in [4.78, 5) is 4.10. The smallest absolute Gasteiger partial charge is 0.0827 e. The van der Waals surface area contributed by atoms with E-state index in [0.717, 1.165) is 10.2 Å². The average Bonchev–Trinajstić information content (AvgIpc) is 2.36. The van der Waals surface area contributed by atoms with Crippen molar-refractivity contribution in [2.75, 3.05) is 0 Å². The van der Waals surface area contributed by atoms with Crippen LogP contribution in [0, 0.1) is 0 Å². The van der Waals surface area contributed by atoms with Gasteiger partial charge in [0.15, 0.2) is 0 Å². The first kappa shape index (κ1) is 7.35. The van der Waals surface area contributed by atoms with Crippen LogP contribution < -0.4 is 0 Å². The summed E-state index contributed by atoms with van der Waals surface area (Å²) in [6, 6.07) is 3.60. The maximum Gasteiger partial charge on any atom is 0.0827 e. The van der Waals surface area contributed by atoms with E-state index in [4.69, 9.17) is 23.2 Å². The zero-order chi connectivity index (χ0) is 7.84. The summed E-state index contributed by atoms with van der Waals surface area (Å²) in [6.07, 6.45) is 0. The summed E-state index contributed by atoms with van der Waals surface area (Å²) in [5.41, 5.74) is 2.68. The molecule has 0 atom stereocenters. The first-order valence-electron chi connectivity index (χ1n) is 2.95. The van der Waals surface area contributed by atoms with Crippen molar-refractivity contribution in [1.82, 2.24) is 4.98 Å². The number of hydrogen-bond acceptors (Lipinski definition) is 2. The van der Waals surface area contributed by atoms with Gasteiger partial charge in [0, 0.05) is 0 Å². The fraction of sp³-hybridized carbons (Fsp3) is 0. The van der Waals surface area contributed by atoms with E-state index in [1.165, 1.54) is 0 Å². The predicted molar refractivity (Wildman–Crippen MR) is 49.6 cm³/mol. The zero-order valence-electron chi connectivity index (χ0n) is 5.34. The summed E-state index contributed by atoms with van der Waals surface area (Å²) in [5.74, 6) is 0. The maximum absolute atomic E-state index is 5.79. The molecule has 0 aliphatic rings. The number of hydrogen-bond donors (Lipinski definition) is 0. The van der Waals surface area contributed by atoms with Crippen LogP contribution in [0.1, 0.15) is 0 Å². The number of nitrogens with zero attached hydrogens (tertiary/aromatic N) is 1. The molecular formula is C7H3Cl2NS. The molecule has 1 aromatic heterocycles. The van der Waals surface area contributed by atoms with Crippen LogP contribution in [0.15, 0.2) is 17.6 Å². The van der Waals surface area contributed by atoms with Crippen LogP contribution in [-0.2, 0) is 0 Å². The maximum atomic E-state index is 5.79. The minimum absolute atomic E-state index is 0.560. The van der Waals surface area contributed by atoms with Gasteiger partial charge in [-0.3, -0.25) is 0 Å². The minimum atomic E-state index is 0.560. The molecular weight excluding hydrogens is 201 g/mol. The fourth-order valence-corrected chi connectivity index (χ4v) is 1.94.